The summed E-state index contributed by atoms with van der Waals surface area (Å²) in [6.07, 6.45) is 0.953. The van der Waals surface area contributed by atoms with Gasteiger partial charge in [0.2, 0.25) is 0 Å². The molecule has 0 aromatic heterocycles. The lowest BCUT2D eigenvalue weighted by Gasteiger charge is -2.26. The first-order valence-corrected chi connectivity index (χ1v) is 4.70. The molecule has 72 valence electrons. The molecule has 1 rings (SSSR count). The Balaban J connectivity index is 2.46. The van der Waals surface area contributed by atoms with E-state index in [1.807, 2.05) is 6.92 Å². The summed E-state index contributed by atoms with van der Waals surface area (Å²) in [6.45, 7) is 7.58. The molecule has 1 N–H and O–H groups in total. The third kappa shape index (κ3) is 2.19. The fourth-order valence-electron chi connectivity index (χ4n) is 1.68. The van der Waals surface area contributed by atoms with E-state index in [1.54, 1.807) is 0 Å². The number of ether oxygens (including phenoxy) is 1. The van der Waals surface area contributed by atoms with E-state index in [1.165, 1.54) is 0 Å². The molecule has 1 aliphatic rings. The normalized spacial score (nSPS) is 34.0. The first-order valence-electron chi connectivity index (χ1n) is 4.70. The zero-order valence-electron chi connectivity index (χ0n) is 8.16. The largest absolute Gasteiger partial charge is 0.392 e. The molecule has 0 aromatic carbocycles. The minimum absolute atomic E-state index is 0.217. The first-order chi connectivity index (χ1) is 5.65. The van der Waals surface area contributed by atoms with Crippen molar-refractivity contribution < 1.29 is 9.84 Å². The third-order valence-corrected chi connectivity index (χ3v) is 2.29. The third-order valence-electron chi connectivity index (χ3n) is 2.29. The molecular formula is C9H19NO2. The van der Waals surface area contributed by atoms with E-state index >= 15 is 0 Å². The molecule has 0 bridgehead atoms. The summed E-state index contributed by atoms with van der Waals surface area (Å²) in [5.74, 6) is 0. The van der Waals surface area contributed by atoms with E-state index in [0.717, 1.165) is 19.6 Å². The maximum atomic E-state index is 9.25. The van der Waals surface area contributed by atoms with Crippen LogP contribution in [0.25, 0.3) is 0 Å². The van der Waals surface area contributed by atoms with Crippen LogP contribution >= 0.6 is 0 Å². The first kappa shape index (κ1) is 9.96. The molecule has 1 saturated heterocycles. The van der Waals surface area contributed by atoms with Gasteiger partial charge >= 0.3 is 0 Å². The van der Waals surface area contributed by atoms with Crippen molar-refractivity contribution in [3.63, 3.8) is 0 Å². The Morgan fingerprint density at radius 2 is 2.33 bits per heavy atom. The van der Waals surface area contributed by atoms with Gasteiger partial charge in [-0.2, -0.15) is 0 Å². The molecule has 0 aliphatic carbocycles. The minimum Gasteiger partial charge on any atom is -0.392 e. The van der Waals surface area contributed by atoms with Crippen molar-refractivity contribution in [2.45, 2.75) is 45.6 Å². The molecule has 0 saturated carbocycles. The van der Waals surface area contributed by atoms with Crippen LogP contribution in [0.3, 0.4) is 0 Å². The van der Waals surface area contributed by atoms with Crippen LogP contribution in [0.5, 0.6) is 0 Å². The topological polar surface area (TPSA) is 32.7 Å². The van der Waals surface area contributed by atoms with Crippen molar-refractivity contribution in [1.29, 1.82) is 0 Å². The molecule has 0 radical (unpaired) electrons. The van der Waals surface area contributed by atoms with Crippen molar-refractivity contribution in [3.8, 4) is 0 Å². The van der Waals surface area contributed by atoms with E-state index in [2.05, 4.69) is 18.7 Å². The summed E-state index contributed by atoms with van der Waals surface area (Å²) >= 11 is 0. The fraction of sp³-hybridized carbons (Fsp3) is 1.00. The highest BCUT2D eigenvalue weighted by Crippen LogP contribution is 2.18. The average Bonchev–Trinajstić information content (AvgIpc) is 2.32. The van der Waals surface area contributed by atoms with Gasteiger partial charge in [-0.3, -0.25) is 4.90 Å². The van der Waals surface area contributed by atoms with Crippen LogP contribution in [0.1, 0.15) is 27.2 Å². The number of hydrogen-bond donors (Lipinski definition) is 1. The van der Waals surface area contributed by atoms with Gasteiger partial charge < -0.3 is 9.84 Å². The van der Waals surface area contributed by atoms with E-state index in [0.29, 0.717) is 6.04 Å². The second-order valence-corrected chi connectivity index (χ2v) is 3.59. The highest BCUT2D eigenvalue weighted by Gasteiger charge is 2.30. The van der Waals surface area contributed by atoms with E-state index in [4.69, 9.17) is 4.74 Å². The van der Waals surface area contributed by atoms with Gasteiger partial charge in [0.05, 0.1) is 12.7 Å². The van der Waals surface area contributed by atoms with E-state index < -0.39 is 0 Å². The lowest BCUT2D eigenvalue weighted by atomic mass is 10.2. The Labute approximate surface area is 74.3 Å². The zero-order chi connectivity index (χ0) is 9.14. The number of hydrogen-bond acceptors (Lipinski definition) is 3. The standard InChI is InChI=1S/C9H19NO2/c1-4-9-10(5-8(3)11)7(2)6-12-9/h7-9,11H,4-6H2,1-3H3. The number of aliphatic hydroxyl groups is 1. The molecule has 3 heteroatoms. The van der Waals surface area contributed by atoms with Crippen molar-refractivity contribution in [3.05, 3.63) is 0 Å². The molecule has 3 atom stereocenters. The van der Waals surface area contributed by atoms with Crippen molar-refractivity contribution in [2.24, 2.45) is 0 Å². The lowest BCUT2D eigenvalue weighted by Crippen LogP contribution is -2.39. The maximum absolute atomic E-state index is 9.25. The Hall–Kier alpha value is -0.120. The molecule has 0 aromatic rings. The highest BCUT2D eigenvalue weighted by molar-refractivity contribution is 4.77. The summed E-state index contributed by atoms with van der Waals surface area (Å²) in [4.78, 5) is 2.23. The molecule has 1 aliphatic heterocycles. The highest BCUT2D eigenvalue weighted by atomic mass is 16.5. The monoisotopic (exact) mass is 173 g/mol. The van der Waals surface area contributed by atoms with Crippen LogP contribution < -0.4 is 0 Å². The second kappa shape index (κ2) is 4.21. The molecule has 1 fully saturated rings. The van der Waals surface area contributed by atoms with Gasteiger partial charge in [0.1, 0.15) is 6.23 Å². The molecule has 3 unspecified atom stereocenters. The maximum Gasteiger partial charge on any atom is 0.110 e. The zero-order valence-corrected chi connectivity index (χ0v) is 8.16. The predicted octanol–water partition coefficient (Wildman–Crippen LogP) is 0.824. The lowest BCUT2D eigenvalue weighted by molar-refractivity contribution is 0.00743. The summed E-state index contributed by atoms with van der Waals surface area (Å²) in [7, 11) is 0. The number of rotatable bonds is 3. The molecule has 12 heavy (non-hydrogen) atoms. The SMILES string of the molecule is CCC1OCC(C)N1CC(C)O. The number of aliphatic hydroxyl groups excluding tert-OH is 1. The minimum atomic E-state index is -0.261. The molecule has 0 spiro atoms. The summed E-state index contributed by atoms with van der Waals surface area (Å²) < 4.78 is 5.54. The number of nitrogens with zero attached hydrogens (tertiary/aromatic N) is 1. The molecule has 1 heterocycles. The van der Waals surface area contributed by atoms with Crippen molar-refractivity contribution in [2.75, 3.05) is 13.2 Å². The average molecular weight is 173 g/mol. The van der Waals surface area contributed by atoms with E-state index in [-0.39, 0.29) is 12.3 Å². The Kier molecular flexibility index (Phi) is 3.50. The van der Waals surface area contributed by atoms with Crippen LogP contribution in [0.2, 0.25) is 0 Å². The smallest absolute Gasteiger partial charge is 0.110 e. The van der Waals surface area contributed by atoms with Gasteiger partial charge in [-0.1, -0.05) is 6.92 Å². The predicted molar refractivity (Wildman–Crippen MR) is 47.9 cm³/mol. The summed E-state index contributed by atoms with van der Waals surface area (Å²) in [5, 5.41) is 9.25. The fourth-order valence-corrected chi connectivity index (χ4v) is 1.68. The van der Waals surface area contributed by atoms with Gasteiger partial charge in [-0.05, 0) is 20.3 Å². The molecular weight excluding hydrogens is 154 g/mol. The van der Waals surface area contributed by atoms with Crippen LogP contribution in [-0.4, -0.2) is 41.5 Å². The second-order valence-electron chi connectivity index (χ2n) is 3.59. The summed E-state index contributed by atoms with van der Waals surface area (Å²) in [6, 6.07) is 0.449. The Bertz CT molecular complexity index is 138. The Morgan fingerprint density at radius 3 is 2.83 bits per heavy atom. The quantitative estimate of drug-likeness (QED) is 0.686. The van der Waals surface area contributed by atoms with Gasteiger partial charge in [0.25, 0.3) is 0 Å². The van der Waals surface area contributed by atoms with Crippen LogP contribution in [0.15, 0.2) is 0 Å². The van der Waals surface area contributed by atoms with Crippen molar-refractivity contribution >= 4 is 0 Å². The van der Waals surface area contributed by atoms with Crippen LogP contribution in [-0.2, 0) is 4.74 Å². The Morgan fingerprint density at radius 1 is 1.67 bits per heavy atom. The van der Waals surface area contributed by atoms with Gasteiger partial charge in [-0.15, -0.1) is 0 Å². The van der Waals surface area contributed by atoms with Crippen LogP contribution in [0.4, 0.5) is 0 Å². The van der Waals surface area contributed by atoms with Gasteiger partial charge in [0.15, 0.2) is 0 Å². The van der Waals surface area contributed by atoms with Crippen molar-refractivity contribution in [1.82, 2.24) is 4.90 Å². The molecule has 0 amide bonds. The number of β-amino-alcohol motifs (C(OH)–C–C–N with tert-alkyl or cyclic N) is 1. The van der Waals surface area contributed by atoms with Gasteiger partial charge in [0, 0.05) is 12.6 Å². The van der Waals surface area contributed by atoms with Gasteiger partial charge in [-0.25, -0.2) is 0 Å². The van der Waals surface area contributed by atoms with Crippen LogP contribution in [0, 0.1) is 0 Å². The summed E-state index contributed by atoms with van der Waals surface area (Å²) in [5.41, 5.74) is 0. The van der Waals surface area contributed by atoms with E-state index in [9.17, 15) is 5.11 Å². The molecule has 3 nitrogen and oxygen atoms in total.